The number of pyridine rings is 1. The standard InChI is InChI=1S/C21H24N6O3/c1-26-8-10-27(11-9-26)19(28)12-18-25-20-15(4-2-6-17(20)30-18)13-23-21(29)24-16-5-3-7-22-14-16/h2-7,14H,8-13H2,1H3,(H2,23,24,29). The van der Waals surface area contributed by atoms with Crippen LogP contribution >= 0.6 is 0 Å². The van der Waals surface area contributed by atoms with Crippen molar-refractivity contribution in [3.8, 4) is 0 Å². The molecule has 0 unspecified atom stereocenters. The minimum absolute atomic E-state index is 0.0187. The summed E-state index contributed by atoms with van der Waals surface area (Å²) < 4.78 is 5.79. The number of rotatable bonds is 5. The summed E-state index contributed by atoms with van der Waals surface area (Å²) >= 11 is 0. The maximum atomic E-state index is 12.6. The first-order chi connectivity index (χ1) is 14.6. The van der Waals surface area contributed by atoms with Crippen LogP contribution in [0.15, 0.2) is 47.1 Å². The van der Waals surface area contributed by atoms with E-state index in [0.717, 1.165) is 31.7 Å². The monoisotopic (exact) mass is 408 g/mol. The Morgan fingerprint density at radius 3 is 2.73 bits per heavy atom. The highest BCUT2D eigenvalue weighted by Crippen LogP contribution is 2.20. The van der Waals surface area contributed by atoms with Gasteiger partial charge in [0.25, 0.3) is 0 Å². The Labute approximate surface area is 174 Å². The lowest BCUT2D eigenvalue weighted by atomic mass is 10.2. The fourth-order valence-electron chi connectivity index (χ4n) is 3.35. The smallest absolute Gasteiger partial charge is 0.319 e. The van der Waals surface area contributed by atoms with Crippen molar-refractivity contribution in [2.45, 2.75) is 13.0 Å². The molecule has 30 heavy (non-hydrogen) atoms. The molecule has 0 aliphatic carbocycles. The van der Waals surface area contributed by atoms with Gasteiger partial charge < -0.3 is 24.9 Å². The zero-order valence-electron chi connectivity index (χ0n) is 16.8. The maximum Gasteiger partial charge on any atom is 0.319 e. The number of hydrogen-bond acceptors (Lipinski definition) is 6. The van der Waals surface area contributed by atoms with Crippen LogP contribution in [0.3, 0.4) is 0 Å². The molecule has 4 rings (SSSR count). The highest BCUT2D eigenvalue weighted by Gasteiger charge is 2.21. The van der Waals surface area contributed by atoms with Crippen LogP contribution in [0.4, 0.5) is 10.5 Å². The van der Waals surface area contributed by atoms with E-state index in [4.69, 9.17) is 4.42 Å². The van der Waals surface area contributed by atoms with E-state index in [9.17, 15) is 9.59 Å². The molecule has 9 nitrogen and oxygen atoms in total. The number of likely N-dealkylation sites (N-methyl/N-ethyl adjacent to an activating group) is 1. The molecule has 0 bridgehead atoms. The molecule has 3 amide bonds. The van der Waals surface area contributed by atoms with Crippen LogP contribution in [0.5, 0.6) is 0 Å². The number of amides is 3. The second-order valence-electron chi connectivity index (χ2n) is 7.28. The average Bonchev–Trinajstić information content (AvgIpc) is 3.16. The lowest BCUT2D eigenvalue weighted by Crippen LogP contribution is -2.47. The van der Waals surface area contributed by atoms with Crippen molar-refractivity contribution in [1.82, 2.24) is 25.1 Å². The molecule has 1 aliphatic heterocycles. The Hall–Kier alpha value is -3.46. The average molecular weight is 408 g/mol. The van der Waals surface area contributed by atoms with Crippen LogP contribution < -0.4 is 10.6 Å². The first kappa shape index (κ1) is 19.8. The zero-order chi connectivity index (χ0) is 20.9. The van der Waals surface area contributed by atoms with Crippen LogP contribution in [0.25, 0.3) is 11.1 Å². The highest BCUT2D eigenvalue weighted by atomic mass is 16.3. The number of urea groups is 1. The number of fused-ring (bicyclic) bond motifs is 1. The van der Waals surface area contributed by atoms with E-state index in [0.29, 0.717) is 22.7 Å². The molecule has 1 aromatic carbocycles. The third-order valence-corrected chi connectivity index (χ3v) is 5.06. The number of anilines is 1. The zero-order valence-corrected chi connectivity index (χ0v) is 16.8. The molecular weight excluding hydrogens is 384 g/mol. The van der Waals surface area contributed by atoms with Crippen molar-refractivity contribution in [2.75, 3.05) is 38.5 Å². The van der Waals surface area contributed by atoms with Gasteiger partial charge in [-0.2, -0.15) is 0 Å². The third-order valence-electron chi connectivity index (χ3n) is 5.06. The molecule has 9 heteroatoms. The molecule has 2 N–H and O–H groups in total. The van der Waals surface area contributed by atoms with Crippen molar-refractivity contribution in [2.24, 2.45) is 0 Å². The number of hydrogen-bond donors (Lipinski definition) is 2. The van der Waals surface area contributed by atoms with Gasteiger partial charge in [-0.3, -0.25) is 9.78 Å². The van der Waals surface area contributed by atoms with Gasteiger partial charge >= 0.3 is 6.03 Å². The first-order valence-electron chi connectivity index (χ1n) is 9.87. The summed E-state index contributed by atoms with van der Waals surface area (Å²) in [5.41, 5.74) is 2.68. The molecule has 156 valence electrons. The van der Waals surface area contributed by atoms with Crippen LogP contribution in [-0.4, -0.2) is 64.9 Å². The summed E-state index contributed by atoms with van der Waals surface area (Å²) in [6.45, 7) is 3.46. The molecule has 1 saturated heterocycles. The van der Waals surface area contributed by atoms with Crippen molar-refractivity contribution < 1.29 is 14.0 Å². The van der Waals surface area contributed by atoms with Gasteiger partial charge in [0.15, 0.2) is 5.58 Å². The number of carbonyl (C=O) groups excluding carboxylic acids is 2. The predicted molar refractivity (Wildman–Crippen MR) is 112 cm³/mol. The van der Waals surface area contributed by atoms with Crippen LogP contribution in [0.2, 0.25) is 0 Å². The molecule has 0 atom stereocenters. The second-order valence-corrected chi connectivity index (χ2v) is 7.28. The van der Waals surface area contributed by atoms with Gasteiger partial charge in [0.2, 0.25) is 11.8 Å². The van der Waals surface area contributed by atoms with Crippen molar-refractivity contribution in [1.29, 1.82) is 0 Å². The fraction of sp³-hybridized carbons (Fsp3) is 0.333. The lowest BCUT2D eigenvalue weighted by molar-refractivity contribution is -0.132. The van der Waals surface area contributed by atoms with Crippen molar-refractivity contribution in [3.63, 3.8) is 0 Å². The van der Waals surface area contributed by atoms with Crippen LogP contribution in [0.1, 0.15) is 11.5 Å². The number of carbonyl (C=O) groups is 2. The summed E-state index contributed by atoms with van der Waals surface area (Å²) in [6, 6.07) is 8.70. The molecule has 0 radical (unpaired) electrons. The molecule has 1 fully saturated rings. The number of piperazine rings is 1. The Balaban J connectivity index is 1.39. The predicted octanol–water partition coefficient (Wildman–Crippen LogP) is 1.86. The van der Waals surface area contributed by atoms with E-state index in [2.05, 4.69) is 32.5 Å². The summed E-state index contributed by atoms with van der Waals surface area (Å²) in [6.07, 6.45) is 3.34. The minimum Gasteiger partial charge on any atom is -0.440 e. The van der Waals surface area contributed by atoms with Crippen LogP contribution in [-0.2, 0) is 17.8 Å². The normalized spacial score (nSPS) is 14.6. The number of aromatic nitrogens is 2. The van der Waals surface area contributed by atoms with E-state index < -0.39 is 0 Å². The Kier molecular flexibility index (Phi) is 5.89. The maximum absolute atomic E-state index is 12.6. The topological polar surface area (TPSA) is 104 Å². The van der Waals surface area contributed by atoms with E-state index in [1.807, 2.05) is 23.1 Å². The minimum atomic E-state index is -0.339. The summed E-state index contributed by atoms with van der Waals surface area (Å²) in [7, 11) is 2.05. The Morgan fingerprint density at radius 1 is 1.13 bits per heavy atom. The number of para-hydroxylation sites is 1. The van der Waals surface area contributed by atoms with Gasteiger partial charge in [-0.15, -0.1) is 0 Å². The number of nitrogens with zero attached hydrogens (tertiary/aromatic N) is 4. The van der Waals surface area contributed by atoms with E-state index in [-0.39, 0.29) is 24.9 Å². The van der Waals surface area contributed by atoms with E-state index in [1.54, 1.807) is 24.5 Å². The van der Waals surface area contributed by atoms with Gasteiger partial charge in [-0.05, 0) is 25.2 Å². The summed E-state index contributed by atoms with van der Waals surface area (Å²) in [4.78, 5) is 37.2. The fourth-order valence-corrected chi connectivity index (χ4v) is 3.35. The number of benzene rings is 1. The van der Waals surface area contributed by atoms with Gasteiger partial charge in [0.05, 0.1) is 11.9 Å². The largest absolute Gasteiger partial charge is 0.440 e. The molecule has 0 saturated carbocycles. The molecule has 1 aliphatic rings. The van der Waals surface area contributed by atoms with E-state index >= 15 is 0 Å². The quantitative estimate of drug-likeness (QED) is 0.668. The molecule has 3 heterocycles. The van der Waals surface area contributed by atoms with E-state index in [1.165, 1.54) is 0 Å². The van der Waals surface area contributed by atoms with Crippen molar-refractivity contribution in [3.05, 3.63) is 54.2 Å². The third kappa shape index (κ3) is 4.74. The summed E-state index contributed by atoms with van der Waals surface area (Å²) in [5, 5.41) is 5.53. The van der Waals surface area contributed by atoms with Crippen molar-refractivity contribution >= 4 is 28.7 Å². The highest BCUT2D eigenvalue weighted by molar-refractivity contribution is 5.89. The van der Waals surface area contributed by atoms with Gasteiger partial charge in [0, 0.05) is 44.5 Å². The van der Waals surface area contributed by atoms with Crippen LogP contribution in [0, 0.1) is 0 Å². The van der Waals surface area contributed by atoms with Gasteiger partial charge in [-0.25, -0.2) is 9.78 Å². The first-order valence-corrected chi connectivity index (χ1v) is 9.87. The SMILES string of the molecule is CN1CCN(C(=O)Cc2nc3c(CNC(=O)Nc4cccnc4)cccc3o2)CC1. The lowest BCUT2D eigenvalue weighted by Gasteiger charge is -2.32. The number of nitrogens with one attached hydrogen (secondary N) is 2. The number of oxazole rings is 1. The Bertz CT molecular complexity index is 1030. The molecule has 3 aromatic rings. The Morgan fingerprint density at radius 2 is 1.97 bits per heavy atom. The second kappa shape index (κ2) is 8.91. The summed E-state index contributed by atoms with van der Waals surface area (Å²) in [5.74, 6) is 0.409. The van der Waals surface area contributed by atoms with Gasteiger partial charge in [-0.1, -0.05) is 12.1 Å². The molecule has 2 aromatic heterocycles. The van der Waals surface area contributed by atoms with Gasteiger partial charge in [0.1, 0.15) is 11.9 Å². The molecule has 0 spiro atoms. The molecular formula is C21H24N6O3.